The first-order valence-electron chi connectivity index (χ1n) is 5.64. The van der Waals surface area contributed by atoms with Crippen molar-refractivity contribution in [3.05, 3.63) is 29.8 Å². The lowest BCUT2D eigenvalue weighted by Crippen LogP contribution is -2.25. The summed E-state index contributed by atoms with van der Waals surface area (Å²) >= 11 is 0. The maximum absolute atomic E-state index is 9.63. The predicted molar refractivity (Wildman–Crippen MR) is 68.3 cm³/mol. The van der Waals surface area contributed by atoms with Crippen LogP contribution in [0.5, 0.6) is 5.75 Å². The second-order valence-corrected chi connectivity index (χ2v) is 4.09. The van der Waals surface area contributed by atoms with E-state index >= 15 is 0 Å². The molecule has 0 aromatic heterocycles. The molecule has 0 saturated heterocycles. The van der Waals surface area contributed by atoms with Gasteiger partial charge >= 0.3 is 0 Å². The van der Waals surface area contributed by atoms with E-state index in [1.54, 1.807) is 6.07 Å². The summed E-state index contributed by atoms with van der Waals surface area (Å²) in [5, 5.41) is 12.9. The third kappa shape index (κ3) is 4.03. The Bertz CT molecular complexity index is 359. The van der Waals surface area contributed by atoms with Gasteiger partial charge < -0.3 is 10.4 Å². The fourth-order valence-corrected chi connectivity index (χ4v) is 1.44. The van der Waals surface area contributed by atoms with Gasteiger partial charge in [-0.15, -0.1) is 0 Å². The molecule has 0 aliphatic heterocycles. The topological polar surface area (TPSA) is 44.6 Å². The van der Waals surface area contributed by atoms with E-state index < -0.39 is 0 Å². The van der Waals surface area contributed by atoms with Gasteiger partial charge in [-0.05, 0) is 19.1 Å². The normalized spacial score (nSPS) is 12.1. The van der Waals surface area contributed by atoms with E-state index in [2.05, 4.69) is 24.2 Å². The first-order valence-corrected chi connectivity index (χ1v) is 5.64. The van der Waals surface area contributed by atoms with Gasteiger partial charge in [0.05, 0.1) is 6.54 Å². The van der Waals surface area contributed by atoms with Crippen molar-refractivity contribution in [3.63, 3.8) is 0 Å². The Labute approximate surface area is 97.2 Å². The van der Waals surface area contributed by atoms with Crippen LogP contribution >= 0.6 is 0 Å². The van der Waals surface area contributed by atoms with Gasteiger partial charge in [0.2, 0.25) is 0 Å². The molecule has 3 nitrogen and oxygen atoms in total. The zero-order chi connectivity index (χ0) is 12.0. The number of benzene rings is 1. The number of para-hydroxylation sites is 1. The smallest absolute Gasteiger partial charge is 0.124 e. The number of aromatic hydroxyl groups is 1. The molecule has 0 aliphatic rings. The van der Waals surface area contributed by atoms with E-state index in [9.17, 15) is 5.11 Å². The minimum atomic E-state index is 0.292. The number of hydrogen-bond acceptors (Lipinski definition) is 3. The predicted octanol–water partition coefficient (Wildman–Crippen LogP) is 2.20. The molecule has 0 fully saturated rings. The number of hydrogen-bond donors (Lipinski definition) is 2. The van der Waals surface area contributed by atoms with Crippen LogP contribution in [0.15, 0.2) is 29.3 Å². The van der Waals surface area contributed by atoms with Crippen LogP contribution < -0.4 is 5.32 Å². The fraction of sp³-hybridized carbons (Fsp3) is 0.462. The second-order valence-electron chi connectivity index (χ2n) is 4.09. The van der Waals surface area contributed by atoms with Crippen LogP contribution in [-0.4, -0.2) is 29.9 Å². The molecule has 0 bridgehead atoms. The van der Waals surface area contributed by atoms with E-state index in [0.29, 0.717) is 11.8 Å². The van der Waals surface area contributed by atoms with E-state index in [1.807, 2.05) is 25.1 Å². The molecule has 0 saturated carbocycles. The molecule has 0 amide bonds. The molecule has 0 atom stereocenters. The lowest BCUT2D eigenvalue weighted by molar-refractivity contribution is 0.474. The quantitative estimate of drug-likeness (QED) is 0.590. The van der Waals surface area contributed by atoms with Gasteiger partial charge in [-0.3, -0.25) is 4.99 Å². The van der Waals surface area contributed by atoms with Gasteiger partial charge in [-0.1, -0.05) is 26.0 Å². The van der Waals surface area contributed by atoms with Gasteiger partial charge in [-0.25, -0.2) is 0 Å². The lowest BCUT2D eigenvalue weighted by Gasteiger charge is -2.07. The third-order valence-electron chi connectivity index (χ3n) is 2.31. The molecule has 88 valence electrons. The number of nitrogens with one attached hydrogen (secondary N) is 1. The molecule has 0 spiro atoms. The molecule has 0 heterocycles. The standard InChI is InChI=1S/C13H20N2O/c1-10(2)14-8-9-15-11(3)12-6-4-5-7-13(12)16/h4-7,10,14,16H,8-9H2,1-3H3. The van der Waals surface area contributed by atoms with Crippen molar-refractivity contribution in [2.75, 3.05) is 13.1 Å². The van der Waals surface area contributed by atoms with Crippen molar-refractivity contribution in [2.45, 2.75) is 26.8 Å². The van der Waals surface area contributed by atoms with Crippen molar-refractivity contribution in [1.29, 1.82) is 0 Å². The molecule has 0 unspecified atom stereocenters. The first kappa shape index (κ1) is 12.7. The number of phenols is 1. The molecule has 0 aliphatic carbocycles. The van der Waals surface area contributed by atoms with Gasteiger partial charge in [-0.2, -0.15) is 0 Å². The number of aliphatic imine (C=N–C) groups is 1. The third-order valence-corrected chi connectivity index (χ3v) is 2.31. The highest BCUT2D eigenvalue weighted by Gasteiger charge is 2.02. The number of nitrogens with zero attached hydrogens (tertiary/aromatic N) is 1. The molecule has 1 rings (SSSR count). The second kappa shape index (κ2) is 6.28. The SMILES string of the molecule is CC(=NCCNC(C)C)c1ccccc1O. The number of rotatable bonds is 5. The zero-order valence-corrected chi connectivity index (χ0v) is 10.2. The largest absolute Gasteiger partial charge is 0.507 e. The van der Waals surface area contributed by atoms with E-state index in [-0.39, 0.29) is 0 Å². The maximum Gasteiger partial charge on any atom is 0.124 e. The lowest BCUT2D eigenvalue weighted by atomic mass is 10.1. The summed E-state index contributed by atoms with van der Waals surface area (Å²) in [6, 6.07) is 7.76. The summed E-state index contributed by atoms with van der Waals surface area (Å²) in [5.41, 5.74) is 1.69. The van der Waals surface area contributed by atoms with E-state index in [4.69, 9.17) is 0 Å². The van der Waals surface area contributed by atoms with Crippen LogP contribution in [0, 0.1) is 0 Å². The highest BCUT2D eigenvalue weighted by atomic mass is 16.3. The number of phenolic OH excluding ortho intramolecular Hbond substituents is 1. The van der Waals surface area contributed by atoms with Crippen molar-refractivity contribution < 1.29 is 5.11 Å². The monoisotopic (exact) mass is 220 g/mol. The summed E-state index contributed by atoms with van der Waals surface area (Å²) in [6.07, 6.45) is 0. The highest BCUT2D eigenvalue weighted by Crippen LogP contribution is 2.16. The van der Waals surface area contributed by atoms with Crippen LogP contribution in [0.1, 0.15) is 26.3 Å². The minimum absolute atomic E-state index is 0.292. The molecule has 0 radical (unpaired) electrons. The Kier molecular flexibility index (Phi) is 4.99. The van der Waals surface area contributed by atoms with Crippen molar-refractivity contribution >= 4 is 5.71 Å². The van der Waals surface area contributed by atoms with Crippen LogP contribution in [0.4, 0.5) is 0 Å². The van der Waals surface area contributed by atoms with Crippen molar-refractivity contribution in [3.8, 4) is 5.75 Å². The molecule has 2 N–H and O–H groups in total. The van der Waals surface area contributed by atoms with E-state index in [1.165, 1.54) is 0 Å². The molecule has 16 heavy (non-hydrogen) atoms. The summed E-state index contributed by atoms with van der Waals surface area (Å²) in [4.78, 5) is 4.42. The minimum Gasteiger partial charge on any atom is -0.507 e. The average Bonchev–Trinajstić information content (AvgIpc) is 2.24. The fourth-order valence-electron chi connectivity index (χ4n) is 1.44. The Morgan fingerprint density at radius 3 is 2.69 bits per heavy atom. The first-order chi connectivity index (χ1) is 7.61. The zero-order valence-electron chi connectivity index (χ0n) is 10.2. The Morgan fingerprint density at radius 1 is 1.38 bits per heavy atom. The van der Waals surface area contributed by atoms with Crippen LogP contribution in [0.2, 0.25) is 0 Å². The molecular weight excluding hydrogens is 200 g/mol. The van der Waals surface area contributed by atoms with Crippen molar-refractivity contribution in [1.82, 2.24) is 5.32 Å². The molecule has 3 heteroatoms. The summed E-state index contributed by atoms with van der Waals surface area (Å²) in [6.45, 7) is 7.74. The van der Waals surface area contributed by atoms with Crippen LogP contribution in [0.3, 0.4) is 0 Å². The Hall–Kier alpha value is -1.35. The summed E-state index contributed by atoms with van der Waals surface area (Å²) in [7, 11) is 0. The molecular formula is C13H20N2O. The van der Waals surface area contributed by atoms with Crippen LogP contribution in [0.25, 0.3) is 0 Å². The average molecular weight is 220 g/mol. The van der Waals surface area contributed by atoms with Gasteiger partial charge in [0.25, 0.3) is 0 Å². The summed E-state index contributed by atoms with van der Waals surface area (Å²) in [5.74, 6) is 0.292. The summed E-state index contributed by atoms with van der Waals surface area (Å²) < 4.78 is 0. The Balaban J connectivity index is 2.54. The van der Waals surface area contributed by atoms with Gasteiger partial charge in [0, 0.05) is 23.9 Å². The van der Waals surface area contributed by atoms with Crippen LogP contribution in [-0.2, 0) is 0 Å². The maximum atomic E-state index is 9.63. The van der Waals surface area contributed by atoms with E-state index in [0.717, 1.165) is 24.4 Å². The van der Waals surface area contributed by atoms with Crippen molar-refractivity contribution in [2.24, 2.45) is 4.99 Å². The van der Waals surface area contributed by atoms with Gasteiger partial charge in [0.15, 0.2) is 0 Å². The Morgan fingerprint density at radius 2 is 2.06 bits per heavy atom. The molecule has 1 aromatic carbocycles. The highest BCUT2D eigenvalue weighted by molar-refractivity contribution is 6.00. The molecule has 1 aromatic rings. The van der Waals surface area contributed by atoms with Gasteiger partial charge in [0.1, 0.15) is 5.75 Å².